The first kappa shape index (κ1) is 20.6. The summed E-state index contributed by atoms with van der Waals surface area (Å²) in [5.41, 5.74) is 3.62. The number of carbonyl (C=O) groups excluding carboxylic acids is 1. The van der Waals surface area contributed by atoms with Crippen LogP contribution in [0.15, 0.2) is 48.6 Å². The summed E-state index contributed by atoms with van der Waals surface area (Å²) in [5.74, 6) is 2.60. The Bertz CT molecular complexity index is 1010. The topological polar surface area (TPSA) is 76.6 Å². The van der Waals surface area contributed by atoms with Crippen LogP contribution in [0.2, 0.25) is 0 Å². The van der Waals surface area contributed by atoms with Gasteiger partial charge in [0.1, 0.15) is 11.6 Å². The van der Waals surface area contributed by atoms with Gasteiger partial charge in [0.25, 0.3) is 0 Å². The molecule has 0 spiro atoms. The van der Waals surface area contributed by atoms with Gasteiger partial charge in [-0.1, -0.05) is 19.1 Å². The molecule has 0 radical (unpaired) electrons. The monoisotopic (exact) mass is 435 g/mol. The summed E-state index contributed by atoms with van der Waals surface area (Å²) < 4.78 is 0. The van der Waals surface area contributed by atoms with Gasteiger partial charge in [-0.15, -0.1) is 0 Å². The number of likely N-dealkylation sites (tertiary alicyclic amines) is 2. The van der Waals surface area contributed by atoms with Crippen LogP contribution in [0.25, 0.3) is 0 Å². The zero-order valence-corrected chi connectivity index (χ0v) is 18.8. The number of nitrogens with zero attached hydrogens (tertiary/aromatic N) is 5. The molecule has 5 rings (SSSR count). The summed E-state index contributed by atoms with van der Waals surface area (Å²) in [6.45, 7) is 6.09. The number of rotatable bonds is 5. The number of nitrogens with one attached hydrogen (secondary N) is 2. The Morgan fingerprint density at radius 2 is 2.03 bits per heavy atom. The van der Waals surface area contributed by atoms with E-state index in [-0.39, 0.29) is 7.46 Å². The average Bonchev–Trinajstić information content (AvgIpc) is 3.50. The second-order valence-corrected chi connectivity index (χ2v) is 8.82. The summed E-state index contributed by atoms with van der Waals surface area (Å²) in [4.78, 5) is 28.1. The van der Waals surface area contributed by atoms with Gasteiger partial charge >= 0.3 is 6.03 Å². The van der Waals surface area contributed by atoms with E-state index >= 15 is 0 Å². The molecule has 0 aromatic carbocycles. The highest BCUT2D eigenvalue weighted by Crippen LogP contribution is 2.31. The van der Waals surface area contributed by atoms with Gasteiger partial charge in [0.2, 0.25) is 0 Å². The van der Waals surface area contributed by atoms with Crippen molar-refractivity contribution in [1.82, 2.24) is 30.4 Å². The van der Waals surface area contributed by atoms with E-state index in [1.165, 1.54) is 16.8 Å². The molecule has 32 heavy (non-hydrogen) atoms. The van der Waals surface area contributed by atoms with E-state index in [1.54, 1.807) is 0 Å². The van der Waals surface area contributed by atoms with Gasteiger partial charge in [-0.05, 0) is 36.1 Å². The maximum atomic E-state index is 12.9. The van der Waals surface area contributed by atoms with Crippen molar-refractivity contribution in [2.24, 2.45) is 5.92 Å². The molecule has 2 aromatic heterocycles. The van der Waals surface area contributed by atoms with Gasteiger partial charge in [0.05, 0.1) is 6.67 Å². The number of pyridine rings is 2. The Morgan fingerprint density at radius 1 is 1.19 bits per heavy atom. The van der Waals surface area contributed by atoms with Crippen molar-refractivity contribution in [1.29, 1.82) is 0 Å². The quantitative estimate of drug-likeness (QED) is 0.752. The van der Waals surface area contributed by atoms with Gasteiger partial charge in [0, 0.05) is 70.8 Å². The van der Waals surface area contributed by atoms with Crippen LogP contribution in [-0.2, 0) is 6.42 Å². The maximum Gasteiger partial charge on any atom is 0.320 e. The fourth-order valence-corrected chi connectivity index (χ4v) is 4.81. The van der Waals surface area contributed by atoms with Crippen LogP contribution in [0.4, 0.5) is 16.4 Å². The van der Waals surface area contributed by atoms with Crippen molar-refractivity contribution >= 4 is 17.7 Å². The van der Waals surface area contributed by atoms with Gasteiger partial charge in [-0.3, -0.25) is 0 Å². The van der Waals surface area contributed by atoms with Gasteiger partial charge in [0.15, 0.2) is 0 Å². The van der Waals surface area contributed by atoms with E-state index in [1.807, 2.05) is 46.4 Å². The van der Waals surface area contributed by atoms with Crippen LogP contribution in [-0.4, -0.2) is 65.7 Å². The number of amides is 2. The summed E-state index contributed by atoms with van der Waals surface area (Å²) in [7, 11) is 2.00. The Balaban J connectivity index is 0.00000259. The normalized spacial score (nSPS) is 20.4. The lowest BCUT2D eigenvalue weighted by molar-refractivity contribution is 0.120. The SMILES string of the molecule is CCc1cccnc1N(C)c1ccc(C2CN(C(=O)N3CC[C@H](C4=CNCN4)C3)C2)cn1.[HH]. The predicted octanol–water partition coefficient (Wildman–Crippen LogP) is 2.89. The lowest BCUT2D eigenvalue weighted by Gasteiger charge is -2.41. The van der Waals surface area contributed by atoms with E-state index in [2.05, 4.69) is 45.7 Å². The Morgan fingerprint density at radius 3 is 2.75 bits per heavy atom. The summed E-state index contributed by atoms with van der Waals surface area (Å²) >= 11 is 0. The molecular formula is C24H33N7O. The molecule has 2 amide bonds. The number of carbonyl (C=O) groups is 1. The highest BCUT2D eigenvalue weighted by molar-refractivity contribution is 5.76. The summed E-state index contributed by atoms with van der Waals surface area (Å²) in [6.07, 6.45) is 7.77. The number of hydrogen-bond donors (Lipinski definition) is 2. The zero-order valence-electron chi connectivity index (χ0n) is 18.8. The Kier molecular flexibility index (Phi) is 5.59. The number of urea groups is 1. The number of aromatic nitrogens is 2. The number of hydrogen-bond acceptors (Lipinski definition) is 6. The molecule has 0 saturated carbocycles. The first-order valence-corrected chi connectivity index (χ1v) is 11.5. The largest absolute Gasteiger partial charge is 0.372 e. The Hall–Kier alpha value is -3.29. The van der Waals surface area contributed by atoms with Crippen molar-refractivity contribution in [3.8, 4) is 0 Å². The molecule has 0 bridgehead atoms. The first-order valence-electron chi connectivity index (χ1n) is 11.5. The maximum absolute atomic E-state index is 12.9. The highest BCUT2D eigenvalue weighted by Gasteiger charge is 2.37. The van der Waals surface area contributed by atoms with E-state index in [0.29, 0.717) is 11.8 Å². The van der Waals surface area contributed by atoms with Crippen LogP contribution in [0.3, 0.4) is 0 Å². The second kappa shape index (κ2) is 8.68. The second-order valence-electron chi connectivity index (χ2n) is 8.82. The van der Waals surface area contributed by atoms with E-state index in [9.17, 15) is 4.79 Å². The zero-order chi connectivity index (χ0) is 22.1. The summed E-state index contributed by atoms with van der Waals surface area (Å²) in [6, 6.07) is 8.43. The molecule has 5 heterocycles. The third-order valence-corrected chi connectivity index (χ3v) is 6.85. The van der Waals surface area contributed by atoms with E-state index in [4.69, 9.17) is 0 Å². The molecule has 2 fully saturated rings. The van der Waals surface area contributed by atoms with Crippen molar-refractivity contribution in [3.63, 3.8) is 0 Å². The lowest BCUT2D eigenvalue weighted by atomic mass is 9.93. The fraction of sp³-hybridized carbons (Fsp3) is 0.458. The molecule has 3 aliphatic heterocycles. The van der Waals surface area contributed by atoms with Crippen LogP contribution in [0.1, 0.15) is 31.8 Å². The lowest BCUT2D eigenvalue weighted by Crippen LogP contribution is -2.53. The smallest absolute Gasteiger partial charge is 0.320 e. The minimum atomic E-state index is 0. The number of aryl methyl sites for hydroxylation is 1. The van der Waals surface area contributed by atoms with Crippen LogP contribution >= 0.6 is 0 Å². The van der Waals surface area contributed by atoms with Crippen LogP contribution < -0.4 is 15.5 Å². The van der Waals surface area contributed by atoms with E-state index in [0.717, 1.165) is 57.3 Å². The summed E-state index contributed by atoms with van der Waals surface area (Å²) in [5, 5.41) is 6.55. The molecule has 170 valence electrons. The van der Waals surface area contributed by atoms with Crippen LogP contribution in [0.5, 0.6) is 0 Å². The van der Waals surface area contributed by atoms with Gasteiger partial charge in [-0.25, -0.2) is 14.8 Å². The number of anilines is 2. The molecular weight excluding hydrogens is 402 g/mol. The molecule has 0 aliphatic carbocycles. The van der Waals surface area contributed by atoms with Crippen molar-refractivity contribution in [2.75, 3.05) is 44.8 Å². The highest BCUT2D eigenvalue weighted by atomic mass is 16.2. The minimum absolute atomic E-state index is 0. The van der Waals surface area contributed by atoms with Crippen molar-refractivity contribution in [3.05, 3.63) is 59.7 Å². The van der Waals surface area contributed by atoms with Crippen LogP contribution in [0, 0.1) is 5.92 Å². The minimum Gasteiger partial charge on any atom is -0.372 e. The first-order chi connectivity index (χ1) is 15.6. The van der Waals surface area contributed by atoms with Crippen molar-refractivity contribution in [2.45, 2.75) is 25.7 Å². The van der Waals surface area contributed by atoms with Gasteiger partial charge in [-0.2, -0.15) is 0 Å². The third kappa shape index (κ3) is 3.85. The van der Waals surface area contributed by atoms with E-state index < -0.39 is 0 Å². The standard InChI is InChI=1S/C24H31N7O.H2/c1-3-17-5-4-9-26-23(17)29(2)22-7-6-18(11-27-22)20-14-31(15-20)24(32)30-10-8-19(13-30)21-12-25-16-28-21;/h4-7,9,11-12,19-20,25,28H,3,8,10,13-16H2,1-2H3;1H/t19-;/m0./s1. The molecule has 1 atom stereocenters. The molecule has 2 aromatic rings. The fourth-order valence-electron chi connectivity index (χ4n) is 4.81. The molecule has 3 aliphatic rings. The van der Waals surface area contributed by atoms with Crippen molar-refractivity contribution < 1.29 is 6.22 Å². The Labute approximate surface area is 190 Å². The molecule has 8 heteroatoms. The molecule has 2 saturated heterocycles. The average molecular weight is 436 g/mol. The van der Waals surface area contributed by atoms with Gasteiger partial charge < -0.3 is 25.3 Å². The molecule has 0 unspecified atom stereocenters. The third-order valence-electron chi connectivity index (χ3n) is 6.85. The predicted molar refractivity (Wildman–Crippen MR) is 127 cm³/mol. The molecule has 2 N–H and O–H groups in total. The molecule has 8 nitrogen and oxygen atoms in total.